The Labute approximate surface area is 108 Å². The van der Waals surface area contributed by atoms with Crippen LogP contribution in [0.1, 0.15) is 46.0 Å². The molecule has 0 aromatic carbocycles. The summed E-state index contributed by atoms with van der Waals surface area (Å²) in [6.07, 6.45) is 6.83. The predicted molar refractivity (Wildman–Crippen MR) is 71.2 cm³/mol. The third-order valence-corrected chi connectivity index (χ3v) is 3.93. The SMILES string of the molecule is CC(C)COCCOC1CCCCCC1Br. The van der Waals surface area contributed by atoms with Gasteiger partial charge in [-0.05, 0) is 18.8 Å². The first-order valence-electron chi connectivity index (χ1n) is 6.53. The molecule has 1 fully saturated rings. The molecule has 2 unspecified atom stereocenters. The Kier molecular flexibility index (Phi) is 7.67. The molecule has 96 valence electrons. The van der Waals surface area contributed by atoms with Crippen LogP contribution in [-0.4, -0.2) is 30.8 Å². The Hall–Kier alpha value is 0.400. The molecule has 1 saturated carbocycles. The van der Waals surface area contributed by atoms with Gasteiger partial charge in [-0.3, -0.25) is 0 Å². The summed E-state index contributed by atoms with van der Waals surface area (Å²) in [7, 11) is 0. The van der Waals surface area contributed by atoms with Gasteiger partial charge in [0.05, 0.1) is 19.3 Å². The fourth-order valence-electron chi connectivity index (χ4n) is 1.99. The van der Waals surface area contributed by atoms with Crippen LogP contribution in [0.15, 0.2) is 0 Å². The van der Waals surface area contributed by atoms with E-state index >= 15 is 0 Å². The Bertz CT molecular complexity index is 173. The van der Waals surface area contributed by atoms with Gasteiger partial charge < -0.3 is 9.47 Å². The van der Waals surface area contributed by atoms with Gasteiger partial charge >= 0.3 is 0 Å². The topological polar surface area (TPSA) is 18.5 Å². The molecule has 3 heteroatoms. The molecular formula is C13H25BrO2. The first kappa shape index (κ1) is 14.5. The fraction of sp³-hybridized carbons (Fsp3) is 1.00. The van der Waals surface area contributed by atoms with Crippen LogP contribution >= 0.6 is 15.9 Å². The van der Waals surface area contributed by atoms with Crippen LogP contribution in [0.25, 0.3) is 0 Å². The molecule has 0 bridgehead atoms. The van der Waals surface area contributed by atoms with E-state index in [0.717, 1.165) is 19.8 Å². The Balaban J connectivity index is 2.06. The number of ether oxygens (including phenoxy) is 2. The van der Waals surface area contributed by atoms with Crippen molar-refractivity contribution in [2.45, 2.75) is 56.9 Å². The average Bonchev–Trinajstić information content (AvgIpc) is 2.43. The Morgan fingerprint density at radius 1 is 1.12 bits per heavy atom. The second-order valence-electron chi connectivity index (χ2n) is 5.03. The molecule has 0 aromatic heterocycles. The summed E-state index contributed by atoms with van der Waals surface area (Å²) in [5.74, 6) is 0.613. The largest absolute Gasteiger partial charge is 0.379 e. The van der Waals surface area contributed by atoms with Crippen LogP contribution in [0.3, 0.4) is 0 Å². The quantitative estimate of drug-likeness (QED) is 0.421. The molecule has 1 aliphatic carbocycles. The number of hydrogen-bond acceptors (Lipinski definition) is 2. The van der Waals surface area contributed by atoms with Crippen LogP contribution in [-0.2, 0) is 9.47 Å². The zero-order chi connectivity index (χ0) is 11.8. The lowest BCUT2D eigenvalue weighted by Gasteiger charge is -2.20. The van der Waals surface area contributed by atoms with Crippen molar-refractivity contribution in [3.05, 3.63) is 0 Å². The summed E-state index contributed by atoms with van der Waals surface area (Å²) in [6.45, 7) is 6.64. The maximum absolute atomic E-state index is 5.89. The fourth-order valence-corrected chi connectivity index (χ4v) is 2.73. The highest BCUT2D eigenvalue weighted by Crippen LogP contribution is 2.25. The molecule has 2 atom stereocenters. The first-order chi connectivity index (χ1) is 7.70. The smallest absolute Gasteiger partial charge is 0.0704 e. The monoisotopic (exact) mass is 292 g/mol. The Morgan fingerprint density at radius 3 is 2.62 bits per heavy atom. The first-order valence-corrected chi connectivity index (χ1v) is 7.45. The zero-order valence-electron chi connectivity index (χ0n) is 10.6. The third-order valence-electron chi connectivity index (χ3n) is 2.88. The zero-order valence-corrected chi connectivity index (χ0v) is 12.2. The van der Waals surface area contributed by atoms with Gasteiger partial charge in [0.15, 0.2) is 0 Å². The maximum Gasteiger partial charge on any atom is 0.0704 e. The van der Waals surface area contributed by atoms with Crippen molar-refractivity contribution in [2.24, 2.45) is 5.92 Å². The molecule has 0 aromatic rings. The molecule has 16 heavy (non-hydrogen) atoms. The van der Waals surface area contributed by atoms with Crippen LogP contribution in [0.2, 0.25) is 0 Å². The van der Waals surface area contributed by atoms with E-state index in [9.17, 15) is 0 Å². The third kappa shape index (κ3) is 6.21. The van der Waals surface area contributed by atoms with E-state index < -0.39 is 0 Å². The van der Waals surface area contributed by atoms with Gasteiger partial charge in [-0.15, -0.1) is 0 Å². The van der Waals surface area contributed by atoms with Gasteiger partial charge in [0.2, 0.25) is 0 Å². The maximum atomic E-state index is 5.89. The summed E-state index contributed by atoms with van der Waals surface area (Å²) >= 11 is 3.73. The lowest BCUT2D eigenvalue weighted by Crippen LogP contribution is -2.25. The van der Waals surface area contributed by atoms with Crippen LogP contribution in [0.4, 0.5) is 0 Å². The second kappa shape index (κ2) is 8.48. The van der Waals surface area contributed by atoms with Crippen molar-refractivity contribution >= 4 is 15.9 Å². The van der Waals surface area contributed by atoms with E-state index in [0.29, 0.717) is 16.8 Å². The average molecular weight is 293 g/mol. The van der Waals surface area contributed by atoms with Crippen molar-refractivity contribution in [1.29, 1.82) is 0 Å². The van der Waals surface area contributed by atoms with Crippen LogP contribution < -0.4 is 0 Å². The van der Waals surface area contributed by atoms with E-state index in [1.807, 2.05) is 0 Å². The van der Waals surface area contributed by atoms with E-state index in [1.54, 1.807) is 0 Å². The van der Waals surface area contributed by atoms with E-state index in [2.05, 4.69) is 29.8 Å². The molecule has 0 saturated heterocycles. The van der Waals surface area contributed by atoms with Gasteiger partial charge in [0.1, 0.15) is 0 Å². The van der Waals surface area contributed by atoms with Crippen molar-refractivity contribution in [1.82, 2.24) is 0 Å². The highest BCUT2D eigenvalue weighted by atomic mass is 79.9. The van der Waals surface area contributed by atoms with Crippen LogP contribution in [0, 0.1) is 5.92 Å². The summed E-state index contributed by atoms with van der Waals surface area (Å²) in [6, 6.07) is 0. The lowest BCUT2D eigenvalue weighted by atomic mass is 10.1. The van der Waals surface area contributed by atoms with Gasteiger partial charge in [-0.2, -0.15) is 0 Å². The van der Waals surface area contributed by atoms with E-state index in [1.165, 1.54) is 32.1 Å². The molecule has 1 rings (SSSR count). The standard InChI is InChI=1S/C13H25BrO2/c1-11(2)10-15-8-9-16-13-7-5-3-4-6-12(13)14/h11-13H,3-10H2,1-2H3. The summed E-state index contributed by atoms with van der Waals surface area (Å²) in [5, 5.41) is 0. The molecule has 1 aliphatic rings. The predicted octanol–water partition coefficient (Wildman–Crippen LogP) is 3.77. The highest BCUT2D eigenvalue weighted by molar-refractivity contribution is 9.09. The lowest BCUT2D eigenvalue weighted by molar-refractivity contribution is -0.00297. The molecular weight excluding hydrogens is 268 g/mol. The summed E-state index contributed by atoms with van der Waals surface area (Å²) < 4.78 is 11.4. The molecule has 0 radical (unpaired) electrons. The van der Waals surface area contributed by atoms with Gasteiger partial charge in [-0.1, -0.05) is 49.0 Å². The molecule has 0 spiro atoms. The Morgan fingerprint density at radius 2 is 1.88 bits per heavy atom. The highest BCUT2D eigenvalue weighted by Gasteiger charge is 2.21. The summed E-state index contributed by atoms with van der Waals surface area (Å²) in [4.78, 5) is 0.542. The van der Waals surface area contributed by atoms with Gasteiger partial charge in [0.25, 0.3) is 0 Å². The molecule has 0 heterocycles. The van der Waals surface area contributed by atoms with Gasteiger partial charge in [0, 0.05) is 11.4 Å². The van der Waals surface area contributed by atoms with Crippen molar-refractivity contribution < 1.29 is 9.47 Å². The number of rotatable bonds is 6. The minimum atomic E-state index is 0.394. The van der Waals surface area contributed by atoms with Gasteiger partial charge in [-0.25, -0.2) is 0 Å². The molecule has 2 nitrogen and oxygen atoms in total. The molecule has 0 amide bonds. The van der Waals surface area contributed by atoms with E-state index in [-0.39, 0.29) is 0 Å². The second-order valence-corrected chi connectivity index (χ2v) is 6.21. The molecule has 0 N–H and O–H groups in total. The van der Waals surface area contributed by atoms with E-state index in [4.69, 9.17) is 9.47 Å². The normalized spacial score (nSPS) is 27.0. The van der Waals surface area contributed by atoms with Crippen molar-refractivity contribution in [3.8, 4) is 0 Å². The number of hydrogen-bond donors (Lipinski definition) is 0. The number of alkyl halides is 1. The minimum Gasteiger partial charge on any atom is -0.379 e. The van der Waals surface area contributed by atoms with Crippen molar-refractivity contribution in [2.75, 3.05) is 19.8 Å². The van der Waals surface area contributed by atoms with Crippen molar-refractivity contribution in [3.63, 3.8) is 0 Å². The number of halogens is 1. The molecule has 0 aliphatic heterocycles. The van der Waals surface area contributed by atoms with Crippen LogP contribution in [0.5, 0.6) is 0 Å². The minimum absolute atomic E-state index is 0.394. The summed E-state index contributed by atoms with van der Waals surface area (Å²) in [5.41, 5.74) is 0.